The summed E-state index contributed by atoms with van der Waals surface area (Å²) in [6, 6.07) is 10.5. The number of aromatic nitrogens is 1. The molecule has 1 aromatic heterocycles. The van der Waals surface area contributed by atoms with Gasteiger partial charge in [-0.3, -0.25) is 0 Å². The number of benzene rings is 1. The van der Waals surface area contributed by atoms with E-state index in [-0.39, 0.29) is 11.9 Å². The zero-order valence-electron chi connectivity index (χ0n) is 11.8. The summed E-state index contributed by atoms with van der Waals surface area (Å²) < 4.78 is 18.3. The first-order valence-corrected chi connectivity index (χ1v) is 6.83. The fourth-order valence-electron chi connectivity index (χ4n) is 2.02. The summed E-state index contributed by atoms with van der Waals surface area (Å²) in [5, 5.41) is 3.39. The lowest BCUT2D eigenvalue weighted by Gasteiger charge is -2.18. The third-order valence-electron chi connectivity index (χ3n) is 3.05. The van der Waals surface area contributed by atoms with E-state index in [0.717, 1.165) is 17.7 Å². The van der Waals surface area contributed by atoms with Crippen LogP contribution in [0.2, 0.25) is 0 Å². The van der Waals surface area contributed by atoms with E-state index < -0.39 is 0 Å². The number of pyridine rings is 1. The van der Waals surface area contributed by atoms with E-state index in [4.69, 9.17) is 4.74 Å². The first-order chi connectivity index (χ1) is 9.72. The smallest absolute Gasteiger partial charge is 0.213 e. The average Bonchev–Trinajstić information content (AvgIpc) is 2.48. The predicted octanol–water partition coefficient (Wildman–Crippen LogP) is 4.18. The van der Waals surface area contributed by atoms with Gasteiger partial charge in [-0.25, -0.2) is 9.37 Å². The van der Waals surface area contributed by atoms with Crippen molar-refractivity contribution in [1.82, 2.24) is 4.98 Å². The van der Waals surface area contributed by atoms with Gasteiger partial charge in [-0.05, 0) is 37.1 Å². The van der Waals surface area contributed by atoms with Crippen molar-refractivity contribution in [3.63, 3.8) is 0 Å². The zero-order valence-corrected chi connectivity index (χ0v) is 11.8. The third kappa shape index (κ3) is 3.70. The lowest BCUT2D eigenvalue weighted by atomic mass is 10.0. The molecule has 1 N–H and O–H groups in total. The van der Waals surface area contributed by atoms with Gasteiger partial charge in [0.05, 0.1) is 24.5 Å². The van der Waals surface area contributed by atoms with Crippen LogP contribution in [0.15, 0.2) is 42.6 Å². The van der Waals surface area contributed by atoms with Gasteiger partial charge in [-0.2, -0.15) is 0 Å². The summed E-state index contributed by atoms with van der Waals surface area (Å²) in [4.78, 5) is 4.22. The molecule has 0 spiro atoms. The van der Waals surface area contributed by atoms with Gasteiger partial charge in [0.25, 0.3) is 0 Å². The molecule has 0 radical (unpaired) electrons. The molecular formula is C16H19FN2O. The number of rotatable bonds is 6. The van der Waals surface area contributed by atoms with E-state index in [2.05, 4.69) is 17.2 Å². The van der Waals surface area contributed by atoms with Gasteiger partial charge in [0.2, 0.25) is 5.88 Å². The monoisotopic (exact) mass is 274 g/mol. The lowest BCUT2D eigenvalue weighted by molar-refractivity contribution is 0.327. The molecule has 4 heteroatoms. The Morgan fingerprint density at radius 1 is 1.15 bits per heavy atom. The topological polar surface area (TPSA) is 34.1 Å². The molecule has 20 heavy (non-hydrogen) atoms. The highest BCUT2D eigenvalue weighted by Crippen LogP contribution is 2.23. The standard InChI is InChI=1S/C16H19FN2O/c1-3-15(12-5-7-13(17)8-6-12)19-14-9-10-16(18-11-14)20-4-2/h5-11,15,19H,3-4H2,1-2H3. The van der Waals surface area contributed by atoms with Crippen molar-refractivity contribution in [2.24, 2.45) is 0 Å². The molecule has 0 bridgehead atoms. The SMILES string of the molecule is CCOc1ccc(NC(CC)c2ccc(F)cc2)cn1. The van der Waals surface area contributed by atoms with Crippen LogP contribution in [0.3, 0.4) is 0 Å². The van der Waals surface area contributed by atoms with Crippen LogP contribution in [0.4, 0.5) is 10.1 Å². The van der Waals surface area contributed by atoms with Crippen molar-refractivity contribution in [3.8, 4) is 5.88 Å². The fraction of sp³-hybridized carbons (Fsp3) is 0.312. The van der Waals surface area contributed by atoms with Gasteiger partial charge in [0, 0.05) is 6.07 Å². The normalized spacial score (nSPS) is 11.9. The van der Waals surface area contributed by atoms with Crippen molar-refractivity contribution < 1.29 is 9.13 Å². The van der Waals surface area contributed by atoms with E-state index in [1.807, 2.05) is 19.1 Å². The summed E-state index contributed by atoms with van der Waals surface area (Å²) in [6.07, 6.45) is 2.65. The number of nitrogens with one attached hydrogen (secondary N) is 1. The molecule has 2 aromatic rings. The van der Waals surface area contributed by atoms with Crippen molar-refractivity contribution in [1.29, 1.82) is 0 Å². The molecule has 3 nitrogen and oxygen atoms in total. The Kier molecular flexibility index (Phi) is 4.93. The van der Waals surface area contributed by atoms with E-state index in [1.165, 1.54) is 12.1 Å². The molecule has 1 atom stereocenters. The summed E-state index contributed by atoms with van der Waals surface area (Å²) in [5.41, 5.74) is 1.98. The van der Waals surface area contributed by atoms with Crippen LogP contribution >= 0.6 is 0 Å². The molecular weight excluding hydrogens is 255 g/mol. The van der Waals surface area contributed by atoms with Crippen molar-refractivity contribution in [2.75, 3.05) is 11.9 Å². The number of halogens is 1. The van der Waals surface area contributed by atoms with Gasteiger partial charge in [0.15, 0.2) is 0 Å². The van der Waals surface area contributed by atoms with Gasteiger partial charge in [-0.15, -0.1) is 0 Å². The molecule has 1 unspecified atom stereocenters. The minimum atomic E-state index is -0.216. The van der Waals surface area contributed by atoms with Gasteiger partial charge in [0.1, 0.15) is 5.82 Å². The average molecular weight is 274 g/mol. The predicted molar refractivity (Wildman–Crippen MR) is 78.5 cm³/mol. The molecule has 0 fully saturated rings. The molecule has 0 aliphatic heterocycles. The maximum Gasteiger partial charge on any atom is 0.213 e. The van der Waals surface area contributed by atoms with Crippen LogP contribution in [0, 0.1) is 5.82 Å². The summed E-state index contributed by atoms with van der Waals surface area (Å²) in [7, 11) is 0. The van der Waals surface area contributed by atoms with E-state index >= 15 is 0 Å². The highest BCUT2D eigenvalue weighted by molar-refractivity contribution is 5.44. The summed E-state index contributed by atoms with van der Waals surface area (Å²) in [5.74, 6) is 0.402. The Morgan fingerprint density at radius 3 is 2.45 bits per heavy atom. The van der Waals surface area contributed by atoms with E-state index in [9.17, 15) is 4.39 Å². The maximum atomic E-state index is 13.0. The molecule has 0 saturated heterocycles. The molecule has 106 valence electrons. The Balaban J connectivity index is 2.07. The fourth-order valence-corrected chi connectivity index (χ4v) is 2.02. The number of anilines is 1. The Hall–Kier alpha value is -2.10. The van der Waals surface area contributed by atoms with Crippen LogP contribution in [0.5, 0.6) is 5.88 Å². The van der Waals surface area contributed by atoms with E-state index in [0.29, 0.717) is 12.5 Å². The van der Waals surface area contributed by atoms with Crippen molar-refractivity contribution in [3.05, 3.63) is 54.0 Å². The maximum absolute atomic E-state index is 13.0. The highest BCUT2D eigenvalue weighted by Gasteiger charge is 2.09. The van der Waals surface area contributed by atoms with Crippen molar-refractivity contribution >= 4 is 5.69 Å². The summed E-state index contributed by atoms with van der Waals surface area (Å²) in [6.45, 7) is 4.62. The lowest BCUT2D eigenvalue weighted by Crippen LogP contribution is -2.10. The molecule has 0 aliphatic rings. The molecule has 0 saturated carbocycles. The number of nitrogens with zero attached hydrogens (tertiary/aromatic N) is 1. The summed E-state index contributed by atoms with van der Waals surface area (Å²) >= 11 is 0. The second kappa shape index (κ2) is 6.89. The van der Waals surface area contributed by atoms with Crippen LogP contribution in [-0.4, -0.2) is 11.6 Å². The van der Waals surface area contributed by atoms with Gasteiger partial charge in [-0.1, -0.05) is 19.1 Å². The van der Waals surface area contributed by atoms with Crippen LogP contribution in [0.1, 0.15) is 31.9 Å². The van der Waals surface area contributed by atoms with E-state index in [1.54, 1.807) is 18.3 Å². The zero-order chi connectivity index (χ0) is 14.4. The highest BCUT2D eigenvalue weighted by atomic mass is 19.1. The minimum absolute atomic E-state index is 0.135. The quantitative estimate of drug-likeness (QED) is 0.858. The van der Waals surface area contributed by atoms with Crippen LogP contribution in [-0.2, 0) is 0 Å². The molecule has 1 aromatic carbocycles. The third-order valence-corrected chi connectivity index (χ3v) is 3.05. The Labute approximate surface area is 118 Å². The second-order valence-corrected chi connectivity index (χ2v) is 4.47. The largest absolute Gasteiger partial charge is 0.478 e. The molecule has 1 heterocycles. The second-order valence-electron chi connectivity index (χ2n) is 4.47. The minimum Gasteiger partial charge on any atom is -0.478 e. The Morgan fingerprint density at radius 2 is 1.90 bits per heavy atom. The van der Waals surface area contributed by atoms with Crippen LogP contribution in [0.25, 0.3) is 0 Å². The number of hydrogen-bond donors (Lipinski definition) is 1. The first kappa shape index (κ1) is 14.3. The van der Waals surface area contributed by atoms with Gasteiger partial charge < -0.3 is 10.1 Å². The molecule has 0 amide bonds. The van der Waals surface area contributed by atoms with Crippen molar-refractivity contribution in [2.45, 2.75) is 26.3 Å². The molecule has 2 rings (SSSR count). The first-order valence-electron chi connectivity index (χ1n) is 6.83. The molecule has 0 aliphatic carbocycles. The number of hydrogen-bond acceptors (Lipinski definition) is 3. The number of ether oxygens (including phenoxy) is 1. The Bertz CT molecular complexity index is 525. The van der Waals surface area contributed by atoms with Gasteiger partial charge >= 0.3 is 0 Å². The van der Waals surface area contributed by atoms with Crippen LogP contribution < -0.4 is 10.1 Å².